The molecule has 0 aromatic heterocycles. The fraction of sp³-hybridized carbons (Fsp3) is 0.857. The summed E-state index contributed by atoms with van der Waals surface area (Å²) in [5, 5.41) is 3.15. The van der Waals surface area contributed by atoms with Crippen LogP contribution in [0.1, 0.15) is 6.92 Å². The van der Waals surface area contributed by atoms with Crippen molar-refractivity contribution in [2.24, 2.45) is 0 Å². The number of morpholine rings is 1. The predicted octanol–water partition coefficient (Wildman–Crippen LogP) is -0.530. The first-order valence-electron chi connectivity index (χ1n) is 3.90. The normalized spacial score (nSPS) is 23.6. The quantitative estimate of drug-likeness (QED) is 0.461. The smallest absolute Gasteiger partial charge is 0.339 e. The first kappa shape index (κ1) is 9.44. The molecule has 0 unspecified atom stereocenters. The number of rotatable bonds is 3. The van der Waals surface area contributed by atoms with E-state index in [0.717, 1.165) is 13.2 Å². The van der Waals surface area contributed by atoms with Crippen molar-refractivity contribution in [1.29, 1.82) is 0 Å². The highest BCUT2D eigenvalue weighted by molar-refractivity contribution is 5.65. The van der Waals surface area contributed by atoms with Crippen LogP contribution in [0.15, 0.2) is 0 Å². The lowest BCUT2D eigenvalue weighted by molar-refractivity contribution is -0.275. The highest BCUT2D eigenvalue weighted by atomic mass is 17.2. The van der Waals surface area contributed by atoms with Gasteiger partial charge in [-0.05, 0) is 0 Å². The summed E-state index contributed by atoms with van der Waals surface area (Å²) in [5.41, 5.74) is 0. The van der Waals surface area contributed by atoms with Crippen molar-refractivity contribution in [1.82, 2.24) is 5.32 Å². The van der Waals surface area contributed by atoms with Crippen LogP contribution < -0.4 is 5.32 Å². The number of hydrogen-bond donors (Lipinski definition) is 1. The summed E-state index contributed by atoms with van der Waals surface area (Å²) in [5.74, 6) is -0.438. The van der Waals surface area contributed by atoms with Gasteiger partial charge in [-0.2, -0.15) is 4.89 Å². The Bertz CT molecular complexity index is 144. The molecular weight excluding hydrogens is 162 g/mol. The zero-order valence-corrected chi connectivity index (χ0v) is 7.04. The summed E-state index contributed by atoms with van der Waals surface area (Å²) in [6.07, 6.45) is 0. The molecule has 0 saturated carbocycles. The second-order valence-corrected chi connectivity index (χ2v) is 2.59. The lowest BCUT2D eigenvalue weighted by Gasteiger charge is -2.22. The molecule has 1 saturated heterocycles. The van der Waals surface area contributed by atoms with Crippen molar-refractivity contribution in [2.45, 2.75) is 13.0 Å². The third-order valence-electron chi connectivity index (χ3n) is 1.44. The van der Waals surface area contributed by atoms with Crippen LogP contribution in [-0.2, 0) is 19.3 Å². The number of carbonyl (C=O) groups is 1. The molecule has 0 aromatic rings. The van der Waals surface area contributed by atoms with Gasteiger partial charge in [0, 0.05) is 13.5 Å². The van der Waals surface area contributed by atoms with E-state index in [4.69, 9.17) is 4.74 Å². The second kappa shape index (κ2) is 5.08. The topological polar surface area (TPSA) is 56.8 Å². The van der Waals surface area contributed by atoms with E-state index in [1.54, 1.807) is 0 Å². The van der Waals surface area contributed by atoms with Gasteiger partial charge in [-0.15, -0.1) is 0 Å². The van der Waals surface area contributed by atoms with E-state index in [1.807, 2.05) is 0 Å². The maximum absolute atomic E-state index is 10.3. The zero-order valence-electron chi connectivity index (χ0n) is 7.04. The highest BCUT2D eigenvalue weighted by Gasteiger charge is 2.13. The molecule has 1 atom stereocenters. The third kappa shape index (κ3) is 3.66. The molecule has 0 radical (unpaired) electrons. The average molecular weight is 175 g/mol. The van der Waals surface area contributed by atoms with Gasteiger partial charge >= 0.3 is 5.97 Å². The van der Waals surface area contributed by atoms with E-state index < -0.39 is 5.97 Å². The van der Waals surface area contributed by atoms with Crippen LogP contribution in [0, 0.1) is 0 Å². The van der Waals surface area contributed by atoms with Gasteiger partial charge in [-0.1, -0.05) is 0 Å². The van der Waals surface area contributed by atoms with Gasteiger partial charge in [-0.3, -0.25) is 4.89 Å². The molecule has 1 fully saturated rings. The van der Waals surface area contributed by atoms with E-state index in [2.05, 4.69) is 15.1 Å². The molecule has 1 aliphatic rings. The molecule has 1 N–H and O–H groups in total. The highest BCUT2D eigenvalue weighted by Crippen LogP contribution is 1.94. The predicted molar refractivity (Wildman–Crippen MR) is 40.3 cm³/mol. The Morgan fingerprint density at radius 2 is 2.58 bits per heavy atom. The molecule has 0 spiro atoms. The first-order valence-corrected chi connectivity index (χ1v) is 3.90. The van der Waals surface area contributed by atoms with Crippen LogP contribution in [0.5, 0.6) is 0 Å². The lowest BCUT2D eigenvalue weighted by atomic mass is 10.3. The minimum Gasteiger partial charge on any atom is -0.378 e. The summed E-state index contributed by atoms with van der Waals surface area (Å²) in [6.45, 7) is 3.77. The van der Waals surface area contributed by atoms with E-state index >= 15 is 0 Å². The Morgan fingerprint density at radius 1 is 1.75 bits per heavy atom. The van der Waals surface area contributed by atoms with Gasteiger partial charge in [0.25, 0.3) is 0 Å². The van der Waals surface area contributed by atoms with Crippen LogP contribution >= 0.6 is 0 Å². The minimum atomic E-state index is -0.438. The van der Waals surface area contributed by atoms with E-state index in [-0.39, 0.29) is 6.04 Å². The van der Waals surface area contributed by atoms with Gasteiger partial charge < -0.3 is 10.1 Å². The Morgan fingerprint density at radius 3 is 3.17 bits per heavy atom. The molecule has 0 bridgehead atoms. The molecule has 1 aliphatic heterocycles. The maximum atomic E-state index is 10.3. The Hall–Kier alpha value is -0.650. The molecule has 5 nitrogen and oxygen atoms in total. The Balaban J connectivity index is 2.01. The van der Waals surface area contributed by atoms with Gasteiger partial charge in [-0.25, -0.2) is 4.79 Å². The summed E-state index contributed by atoms with van der Waals surface area (Å²) < 4.78 is 5.16. The van der Waals surface area contributed by atoms with E-state index in [9.17, 15) is 4.79 Å². The van der Waals surface area contributed by atoms with Crippen LogP contribution in [0.2, 0.25) is 0 Å². The summed E-state index contributed by atoms with van der Waals surface area (Å²) in [7, 11) is 0. The molecule has 0 aromatic carbocycles. The minimum absolute atomic E-state index is 0.123. The van der Waals surface area contributed by atoms with E-state index in [0.29, 0.717) is 13.2 Å². The fourth-order valence-electron chi connectivity index (χ4n) is 0.926. The summed E-state index contributed by atoms with van der Waals surface area (Å²) in [6, 6.07) is 0.123. The number of ether oxygens (including phenoxy) is 1. The van der Waals surface area contributed by atoms with Crippen molar-refractivity contribution in [2.75, 3.05) is 26.4 Å². The molecule has 5 heteroatoms. The van der Waals surface area contributed by atoms with Gasteiger partial charge in [0.2, 0.25) is 0 Å². The summed E-state index contributed by atoms with van der Waals surface area (Å²) >= 11 is 0. The zero-order chi connectivity index (χ0) is 8.81. The molecule has 70 valence electrons. The van der Waals surface area contributed by atoms with Crippen molar-refractivity contribution >= 4 is 5.97 Å². The van der Waals surface area contributed by atoms with Crippen molar-refractivity contribution in [3.63, 3.8) is 0 Å². The maximum Gasteiger partial charge on any atom is 0.339 e. The molecular formula is C7H13NO4. The number of carbonyl (C=O) groups excluding carboxylic acids is 1. The van der Waals surface area contributed by atoms with Crippen molar-refractivity contribution < 1.29 is 19.3 Å². The molecule has 1 rings (SSSR count). The number of hydrogen-bond acceptors (Lipinski definition) is 5. The molecule has 1 heterocycles. The molecule has 0 amide bonds. The van der Waals surface area contributed by atoms with Crippen LogP contribution in [-0.4, -0.2) is 38.4 Å². The monoisotopic (exact) mass is 175 g/mol. The standard InChI is InChI=1S/C7H13NO4/c1-6(9)12-11-5-7-4-10-3-2-8-7/h7-8H,2-5H2,1H3/t7-/m0/s1. The van der Waals surface area contributed by atoms with Crippen LogP contribution in [0.4, 0.5) is 0 Å². The van der Waals surface area contributed by atoms with Crippen LogP contribution in [0.3, 0.4) is 0 Å². The Kier molecular flexibility index (Phi) is 3.99. The average Bonchev–Trinajstić information content (AvgIpc) is 2.05. The summed E-state index contributed by atoms with van der Waals surface area (Å²) in [4.78, 5) is 19.2. The van der Waals surface area contributed by atoms with Crippen LogP contribution in [0.25, 0.3) is 0 Å². The van der Waals surface area contributed by atoms with Gasteiger partial charge in [0.05, 0.1) is 19.3 Å². The van der Waals surface area contributed by atoms with E-state index in [1.165, 1.54) is 6.92 Å². The lowest BCUT2D eigenvalue weighted by Crippen LogP contribution is -2.44. The largest absolute Gasteiger partial charge is 0.378 e. The first-order chi connectivity index (χ1) is 5.79. The molecule has 0 aliphatic carbocycles. The Labute approximate surface area is 70.9 Å². The van der Waals surface area contributed by atoms with Gasteiger partial charge in [0.15, 0.2) is 0 Å². The van der Waals surface area contributed by atoms with Crippen molar-refractivity contribution in [3.05, 3.63) is 0 Å². The fourth-order valence-corrected chi connectivity index (χ4v) is 0.926. The molecule has 12 heavy (non-hydrogen) atoms. The SMILES string of the molecule is CC(=O)OOC[C@@H]1COCCN1. The van der Waals surface area contributed by atoms with Crippen molar-refractivity contribution in [3.8, 4) is 0 Å². The second-order valence-electron chi connectivity index (χ2n) is 2.59. The third-order valence-corrected chi connectivity index (χ3v) is 1.44. The number of nitrogens with one attached hydrogen (secondary N) is 1. The van der Waals surface area contributed by atoms with Gasteiger partial charge in [0.1, 0.15) is 6.61 Å².